The molecular formula is C6H11NO. The normalized spacial score (nSPS) is 20.8. The number of aliphatic hydroxyl groups is 1. The van der Waals surface area contributed by atoms with E-state index in [-0.39, 0.29) is 0 Å². The van der Waals surface area contributed by atoms with Crippen LogP contribution in [0.4, 0.5) is 0 Å². The van der Waals surface area contributed by atoms with Crippen LogP contribution in [0.5, 0.6) is 0 Å². The van der Waals surface area contributed by atoms with Gasteiger partial charge in [-0.3, -0.25) is 0 Å². The van der Waals surface area contributed by atoms with E-state index in [0.717, 1.165) is 13.0 Å². The summed E-state index contributed by atoms with van der Waals surface area (Å²) < 4.78 is 0. The zero-order chi connectivity index (χ0) is 5.82. The van der Waals surface area contributed by atoms with Crippen LogP contribution in [0.3, 0.4) is 0 Å². The van der Waals surface area contributed by atoms with Gasteiger partial charge in [0.2, 0.25) is 0 Å². The molecule has 0 spiro atoms. The maximum absolute atomic E-state index is 8.84. The third-order valence-corrected chi connectivity index (χ3v) is 1.27. The number of hydrogen-bond acceptors (Lipinski definition) is 2. The highest BCUT2D eigenvalue weighted by atomic mass is 16.3. The molecule has 2 nitrogen and oxygen atoms in total. The minimum Gasteiger partial charge on any atom is -0.495 e. The molecule has 1 rings (SSSR count). The fourth-order valence-corrected chi connectivity index (χ4v) is 0.797. The van der Waals surface area contributed by atoms with Crippen LogP contribution in [0.2, 0.25) is 0 Å². The fraction of sp³-hybridized carbons (Fsp3) is 0.667. The van der Waals surface area contributed by atoms with Crippen molar-refractivity contribution in [3.63, 3.8) is 0 Å². The van der Waals surface area contributed by atoms with E-state index in [0.29, 0.717) is 5.88 Å². The van der Waals surface area contributed by atoms with Crippen LogP contribution >= 0.6 is 0 Å². The lowest BCUT2D eigenvalue weighted by Crippen LogP contribution is -2.11. The van der Waals surface area contributed by atoms with E-state index in [1.807, 2.05) is 6.08 Å². The summed E-state index contributed by atoms with van der Waals surface area (Å²) >= 11 is 0. The molecule has 0 radical (unpaired) electrons. The van der Waals surface area contributed by atoms with E-state index in [1.165, 1.54) is 12.8 Å². The van der Waals surface area contributed by atoms with E-state index in [4.69, 9.17) is 5.11 Å². The van der Waals surface area contributed by atoms with Crippen molar-refractivity contribution in [2.75, 3.05) is 6.54 Å². The van der Waals surface area contributed by atoms with E-state index >= 15 is 0 Å². The standard InChI is InChI=1S/C6H11NO/c8-6-4-2-1-3-5-7-6/h4,7-8H,1-3,5H2. The zero-order valence-electron chi connectivity index (χ0n) is 4.85. The van der Waals surface area contributed by atoms with E-state index < -0.39 is 0 Å². The topological polar surface area (TPSA) is 32.3 Å². The Hall–Kier alpha value is -0.660. The molecule has 0 aromatic carbocycles. The van der Waals surface area contributed by atoms with E-state index in [1.54, 1.807) is 0 Å². The molecule has 0 aromatic heterocycles. The molecule has 0 amide bonds. The Kier molecular flexibility index (Phi) is 1.78. The molecule has 0 aromatic rings. The van der Waals surface area contributed by atoms with Gasteiger partial charge in [0.05, 0.1) is 0 Å². The average Bonchev–Trinajstić information content (AvgIpc) is 1.94. The molecule has 0 saturated heterocycles. The second-order valence-corrected chi connectivity index (χ2v) is 2.01. The molecule has 0 bridgehead atoms. The summed E-state index contributed by atoms with van der Waals surface area (Å²) in [6, 6.07) is 0. The van der Waals surface area contributed by atoms with Gasteiger partial charge in [-0.1, -0.05) is 0 Å². The average molecular weight is 113 g/mol. The Balaban J connectivity index is 2.36. The number of nitrogens with one attached hydrogen (secondary N) is 1. The van der Waals surface area contributed by atoms with E-state index in [2.05, 4.69) is 5.32 Å². The van der Waals surface area contributed by atoms with Crippen molar-refractivity contribution in [2.45, 2.75) is 19.3 Å². The fourth-order valence-electron chi connectivity index (χ4n) is 0.797. The van der Waals surface area contributed by atoms with E-state index in [9.17, 15) is 0 Å². The predicted molar refractivity (Wildman–Crippen MR) is 32.6 cm³/mol. The van der Waals surface area contributed by atoms with Crippen LogP contribution < -0.4 is 5.32 Å². The first-order chi connectivity index (χ1) is 3.89. The zero-order valence-corrected chi connectivity index (χ0v) is 4.85. The molecule has 1 heterocycles. The second-order valence-electron chi connectivity index (χ2n) is 2.01. The van der Waals surface area contributed by atoms with Gasteiger partial charge in [-0.05, 0) is 25.3 Å². The second kappa shape index (κ2) is 2.60. The first-order valence-corrected chi connectivity index (χ1v) is 3.02. The van der Waals surface area contributed by atoms with Crippen molar-refractivity contribution >= 4 is 0 Å². The first-order valence-electron chi connectivity index (χ1n) is 3.02. The molecule has 0 atom stereocenters. The summed E-state index contributed by atoms with van der Waals surface area (Å²) in [5, 5.41) is 11.7. The van der Waals surface area contributed by atoms with Crippen LogP contribution in [0.25, 0.3) is 0 Å². The monoisotopic (exact) mass is 113 g/mol. The number of allylic oxidation sites excluding steroid dienone is 1. The number of hydrogen-bond donors (Lipinski definition) is 2. The third-order valence-electron chi connectivity index (χ3n) is 1.27. The van der Waals surface area contributed by atoms with Crippen LogP contribution in [-0.4, -0.2) is 11.7 Å². The highest BCUT2D eigenvalue weighted by Gasteiger charge is 1.95. The Labute approximate surface area is 49.2 Å². The highest BCUT2D eigenvalue weighted by Crippen LogP contribution is 2.01. The third kappa shape index (κ3) is 1.45. The Morgan fingerprint density at radius 3 is 3.25 bits per heavy atom. The van der Waals surface area contributed by atoms with Gasteiger partial charge in [-0.15, -0.1) is 0 Å². The highest BCUT2D eigenvalue weighted by molar-refractivity contribution is 4.90. The lowest BCUT2D eigenvalue weighted by molar-refractivity contribution is 0.366. The lowest BCUT2D eigenvalue weighted by atomic mass is 10.2. The van der Waals surface area contributed by atoms with Crippen molar-refractivity contribution in [3.05, 3.63) is 12.0 Å². The van der Waals surface area contributed by atoms with Gasteiger partial charge < -0.3 is 10.4 Å². The Bertz CT molecular complexity index is 98.7. The summed E-state index contributed by atoms with van der Waals surface area (Å²) in [5.74, 6) is 0.350. The lowest BCUT2D eigenvalue weighted by Gasteiger charge is -1.97. The van der Waals surface area contributed by atoms with Gasteiger partial charge in [0, 0.05) is 6.54 Å². The van der Waals surface area contributed by atoms with Crippen LogP contribution in [0.15, 0.2) is 12.0 Å². The summed E-state index contributed by atoms with van der Waals surface area (Å²) in [6.45, 7) is 0.919. The van der Waals surface area contributed by atoms with Crippen molar-refractivity contribution < 1.29 is 5.11 Å². The van der Waals surface area contributed by atoms with Crippen molar-refractivity contribution in [1.29, 1.82) is 0 Å². The Morgan fingerprint density at radius 2 is 2.38 bits per heavy atom. The van der Waals surface area contributed by atoms with Crippen LogP contribution in [0, 0.1) is 0 Å². The molecular weight excluding hydrogens is 102 g/mol. The molecule has 0 unspecified atom stereocenters. The van der Waals surface area contributed by atoms with Gasteiger partial charge in [0.15, 0.2) is 5.88 Å². The summed E-state index contributed by atoms with van der Waals surface area (Å²) in [7, 11) is 0. The molecule has 8 heavy (non-hydrogen) atoms. The first kappa shape index (κ1) is 5.48. The molecule has 1 aliphatic heterocycles. The molecule has 1 aliphatic rings. The maximum atomic E-state index is 8.84. The van der Waals surface area contributed by atoms with Gasteiger partial charge >= 0.3 is 0 Å². The largest absolute Gasteiger partial charge is 0.495 e. The quantitative estimate of drug-likeness (QED) is 0.494. The molecule has 46 valence electrons. The van der Waals surface area contributed by atoms with Crippen LogP contribution in [0.1, 0.15) is 19.3 Å². The Morgan fingerprint density at radius 1 is 1.50 bits per heavy atom. The molecule has 2 N–H and O–H groups in total. The minimum absolute atomic E-state index is 0.350. The van der Waals surface area contributed by atoms with Gasteiger partial charge in [0.25, 0.3) is 0 Å². The van der Waals surface area contributed by atoms with Gasteiger partial charge in [-0.25, -0.2) is 0 Å². The smallest absolute Gasteiger partial charge is 0.179 e. The van der Waals surface area contributed by atoms with Crippen molar-refractivity contribution in [3.8, 4) is 0 Å². The molecule has 2 heteroatoms. The van der Waals surface area contributed by atoms with Gasteiger partial charge in [-0.2, -0.15) is 0 Å². The predicted octanol–water partition coefficient (Wildman–Crippen LogP) is 1.16. The van der Waals surface area contributed by atoms with Crippen molar-refractivity contribution in [1.82, 2.24) is 5.32 Å². The number of rotatable bonds is 0. The van der Waals surface area contributed by atoms with Crippen molar-refractivity contribution in [2.24, 2.45) is 0 Å². The molecule has 0 saturated carbocycles. The summed E-state index contributed by atoms with van der Waals surface area (Å²) in [6.07, 6.45) is 5.20. The molecule has 0 aliphatic carbocycles. The summed E-state index contributed by atoms with van der Waals surface area (Å²) in [4.78, 5) is 0. The van der Waals surface area contributed by atoms with Gasteiger partial charge in [0.1, 0.15) is 0 Å². The number of aliphatic hydroxyl groups excluding tert-OH is 1. The summed E-state index contributed by atoms with van der Waals surface area (Å²) in [5.41, 5.74) is 0. The molecule has 0 fully saturated rings. The SMILES string of the molecule is OC1=CCCCCN1. The minimum atomic E-state index is 0.350. The maximum Gasteiger partial charge on any atom is 0.179 e. The van der Waals surface area contributed by atoms with Crippen LogP contribution in [-0.2, 0) is 0 Å².